The summed E-state index contributed by atoms with van der Waals surface area (Å²) in [7, 11) is 0. The molecule has 4 aromatic carbocycles. The molecule has 152 valence electrons. The molecule has 3 heteroatoms. The minimum atomic E-state index is 0.700. The second-order valence-electron chi connectivity index (χ2n) is 7.37. The van der Waals surface area contributed by atoms with E-state index < -0.39 is 0 Å². The van der Waals surface area contributed by atoms with Gasteiger partial charge >= 0.3 is 0 Å². The third kappa shape index (κ3) is 4.34. The van der Waals surface area contributed by atoms with Crippen LogP contribution in [0.2, 0.25) is 5.02 Å². The van der Waals surface area contributed by atoms with E-state index in [9.17, 15) is 0 Å². The smallest absolute Gasteiger partial charge is 0.0934 e. The Balaban J connectivity index is 1.52. The Morgan fingerprint density at radius 1 is 0.594 bits per heavy atom. The van der Waals surface area contributed by atoms with Crippen molar-refractivity contribution in [2.24, 2.45) is 0 Å². The molecule has 0 aliphatic carbocycles. The Kier molecular flexibility index (Phi) is 5.58. The predicted octanol–water partition coefficient (Wildman–Crippen LogP) is 7.26. The Bertz CT molecular complexity index is 1410. The van der Waals surface area contributed by atoms with E-state index in [-0.39, 0.29) is 0 Å². The fraction of sp³-hybridized carbons (Fsp3) is 0. The minimum Gasteiger partial charge on any atom is -0.232 e. The molecule has 0 bridgehead atoms. The zero-order valence-electron chi connectivity index (χ0n) is 17.2. The first-order chi connectivity index (χ1) is 15.8. The van der Waals surface area contributed by atoms with Crippen molar-refractivity contribution in [2.45, 2.75) is 0 Å². The monoisotopic (exact) mass is 430 g/mol. The average molecular weight is 431 g/mol. The summed E-state index contributed by atoms with van der Waals surface area (Å²) in [5.41, 5.74) is 6.91. The van der Waals surface area contributed by atoms with Crippen LogP contribution in [0.1, 0.15) is 11.1 Å². The molecular weight excluding hydrogens is 412 g/mol. The van der Waals surface area contributed by atoms with Crippen molar-refractivity contribution >= 4 is 11.6 Å². The molecule has 0 amide bonds. The molecular formula is C29H19ClN2. The first kappa shape index (κ1) is 19.9. The average Bonchev–Trinajstić information content (AvgIpc) is 3.30. The molecule has 2 nitrogen and oxygen atoms in total. The van der Waals surface area contributed by atoms with Gasteiger partial charge in [0.05, 0.1) is 17.1 Å². The van der Waals surface area contributed by atoms with Crippen LogP contribution in [0.3, 0.4) is 0 Å². The van der Waals surface area contributed by atoms with Gasteiger partial charge in [0.2, 0.25) is 0 Å². The van der Waals surface area contributed by atoms with Crippen LogP contribution in [-0.2, 0) is 0 Å². The maximum absolute atomic E-state index is 6.27. The standard InChI is InChI=1S/C29H19ClN2/c30-26-11-7-10-25(20-26)29-21-28(31-32(29)27-12-5-2-6-13-27)24-18-16-23(17-19-24)15-14-22-8-3-1-4-9-22/h1-13,16-21H. The van der Waals surface area contributed by atoms with Gasteiger partial charge in [-0.3, -0.25) is 0 Å². The van der Waals surface area contributed by atoms with E-state index in [1.54, 1.807) is 0 Å². The number of hydrogen-bond donors (Lipinski definition) is 0. The second kappa shape index (κ2) is 8.98. The summed E-state index contributed by atoms with van der Waals surface area (Å²) in [6.07, 6.45) is 0. The molecule has 32 heavy (non-hydrogen) atoms. The van der Waals surface area contributed by atoms with Crippen LogP contribution >= 0.6 is 11.6 Å². The third-order valence-corrected chi connectivity index (χ3v) is 5.37. The van der Waals surface area contributed by atoms with Crippen molar-refractivity contribution in [2.75, 3.05) is 0 Å². The van der Waals surface area contributed by atoms with Gasteiger partial charge in [0.15, 0.2) is 0 Å². The normalized spacial score (nSPS) is 10.4. The van der Waals surface area contributed by atoms with Gasteiger partial charge in [-0.15, -0.1) is 0 Å². The summed E-state index contributed by atoms with van der Waals surface area (Å²) in [5, 5.41) is 5.62. The zero-order valence-corrected chi connectivity index (χ0v) is 18.0. The second-order valence-corrected chi connectivity index (χ2v) is 7.80. The highest BCUT2D eigenvalue weighted by Crippen LogP contribution is 2.30. The predicted molar refractivity (Wildman–Crippen MR) is 132 cm³/mol. The van der Waals surface area contributed by atoms with Crippen molar-refractivity contribution in [3.8, 4) is 40.0 Å². The van der Waals surface area contributed by atoms with Crippen molar-refractivity contribution < 1.29 is 0 Å². The highest BCUT2D eigenvalue weighted by molar-refractivity contribution is 6.30. The lowest BCUT2D eigenvalue weighted by atomic mass is 10.1. The molecule has 0 radical (unpaired) electrons. The van der Waals surface area contributed by atoms with Crippen molar-refractivity contribution in [3.63, 3.8) is 0 Å². The number of para-hydroxylation sites is 1. The van der Waals surface area contributed by atoms with Gasteiger partial charge in [-0.25, -0.2) is 4.68 Å². The quantitative estimate of drug-likeness (QED) is 0.275. The van der Waals surface area contributed by atoms with Crippen molar-refractivity contribution in [1.29, 1.82) is 0 Å². The molecule has 0 saturated heterocycles. The fourth-order valence-corrected chi connectivity index (χ4v) is 3.72. The maximum Gasteiger partial charge on any atom is 0.0934 e. The van der Waals surface area contributed by atoms with Gasteiger partial charge in [-0.2, -0.15) is 5.10 Å². The Labute approximate surface area is 192 Å². The lowest BCUT2D eigenvalue weighted by Gasteiger charge is -2.07. The van der Waals surface area contributed by atoms with E-state index in [2.05, 4.69) is 30.0 Å². The van der Waals surface area contributed by atoms with Crippen LogP contribution in [0.5, 0.6) is 0 Å². The van der Waals surface area contributed by atoms with Gasteiger partial charge in [0, 0.05) is 27.3 Å². The van der Waals surface area contributed by atoms with E-state index in [1.165, 1.54) is 0 Å². The van der Waals surface area contributed by atoms with Gasteiger partial charge in [-0.05, 0) is 54.6 Å². The summed E-state index contributed by atoms with van der Waals surface area (Å²) in [5.74, 6) is 6.42. The van der Waals surface area contributed by atoms with E-state index in [1.807, 2.05) is 102 Å². The van der Waals surface area contributed by atoms with Crippen LogP contribution < -0.4 is 0 Å². The Hall–Kier alpha value is -4.06. The van der Waals surface area contributed by atoms with Crippen LogP contribution in [0.4, 0.5) is 0 Å². The molecule has 0 spiro atoms. The number of nitrogens with zero attached hydrogens (tertiary/aromatic N) is 2. The highest BCUT2D eigenvalue weighted by Gasteiger charge is 2.13. The molecule has 1 aromatic heterocycles. The lowest BCUT2D eigenvalue weighted by Crippen LogP contribution is -1.98. The van der Waals surface area contributed by atoms with Crippen LogP contribution in [0.15, 0.2) is 115 Å². The summed E-state index contributed by atoms with van der Waals surface area (Å²) >= 11 is 6.27. The van der Waals surface area contributed by atoms with Crippen LogP contribution in [0, 0.1) is 11.8 Å². The number of aromatic nitrogens is 2. The summed E-state index contributed by atoms with van der Waals surface area (Å²) in [4.78, 5) is 0. The SMILES string of the molecule is Clc1cccc(-c2cc(-c3ccc(C#Cc4ccccc4)cc3)nn2-c2ccccc2)c1. The van der Waals surface area contributed by atoms with Crippen molar-refractivity contribution in [3.05, 3.63) is 131 Å². The van der Waals surface area contributed by atoms with Gasteiger partial charge in [-0.1, -0.05) is 84.1 Å². The molecule has 5 rings (SSSR count). The van der Waals surface area contributed by atoms with Gasteiger partial charge < -0.3 is 0 Å². The first-order valence-corrected chi connectivity index (χ1v) is 10.7. The van der Waals surface area contributed by atoms with E-state index in [4.69, 9.17) is 16.7 Å². The fourth-order valence-electron chi connectivity index (χ4n) is 3.53. The minimum absolute atomic E-state index is 0.700. The summed E-state index contributed by atoms with van der Waals surface area (Å²) in [6.45, 7) is 0. The van der Waals surface area contributed by atoms with Crippen molar-refractivity contribution in [1.82, 2.24) is 9.78 Å². The largest absolute Gasteiger partial charge is 0.232 e. The van der Waals surface area contributed by atoms with E-state index >= 15 is 0 Å². The molecule has 0 atom stereocenters. The molecule has 0 saturated carbocycles. The molecule has 0 N–H and O–H groups in total. The number of rotatable bonds is 3. The maximum atomic E-state index is 6.27. The third-order valence-electron chi connectivity index (χ3n) is 5.14. The highest BCUT2D eigenvalue weighted by atomic mass is 35.5. The Morgan fingerprint density at radius 3 is 1.94 bits per heavy atom. The van der Waals surface area contributed by atoms with E-state index in [0.29, 0.717) is 5.02 Å². The number of halogens is 1. The zero-order chi connectivity index (χ0) is 21.8. The number of benzene rings is 4. The topological polar surface area (TPSA) is 17.8 Å². The first-order valence-electron chi connectivity index (χ1n) is 10.4. The summed E-state index contributed by atoms with van der Waals surface area (Å²) < 4.78 is 1.96. The molecule has 1 heterocycles. The molecule has 0 aliphatic rings. The molecule has 0 unspecified atom stereocenters. The number of hydrogen-bond acceptors (Lipinski definition) is 1. The van der Waals surface area contributed by atoms with Crippen LogP contribution in [-0.4, -0.2) is 9.78 Å². The molecule has 0 aliphatic heterocycles. The Morgan fingerprint density at radius 2 is 1.25 bits per heavy atom. The summed E-state index contributed by atoms with van der Waals surface area (Å²) in [6, 6.07) is 38.3. The van der Waals surface area contributed by atoms with Gasteiger partial charge in [0.25, 0.3) is 0 Å². The van der Waals surface area contributed by atoms with Gasteiger partial charge in [0.1, 0.15) is 0 Å². The molecule has 5 aromatic rings. The van der Waals surface area contributed by atoms with E-state index in [0.717, 1.165) is 39.3 Å². The van der Waals surface area contributed by atoms with Crippen LogP contribution in [0.25, 0.3) is 28.2 Å². The lowest BCUT2D eigenvalue weighted by molar-refractivity contribution is 0.892. The molecule has 0 fully saturated rings.